The molecule has 1 heterocycles. The highest BCUT2D eigenvalue weighted by molar-refractivity contribution is 5.85. The molecular weight excluding hydrogens is 371 g/mol. The highest BCUT2D eigenvalue weighted by Gasteiger charge is 2.32. The maximum atomic E-state index is 13.3. The Balaban J connectivity index is 0.00000264. The summed E-state index contributed by atoms with van der Waals surface area (Å²) < 4.78 is 56.4. The maximum Gasteiger partial charge on any atom is 0.389 e. The van der Waals surface area contributed by atoms with Crippen molar-refractivity contribution in [3.63, 3.8) is 0 Å². The first-order valence-electron chi connectivity index (χ1n) is 7.25. The molecule has 1 atom stereocenters. The molecule has 0 amide bonds. The number of hydrogen-bond donors (Lipinski definition) is 1. The van der Waals surface area contributed by atoms with Crippen molar-refractivity contribution in [2.45, 2.75) is 25.1 Å². The van der Waals surface area contributed by atoms with E-state index in [-0.39, 0.29) is 31.2 Å². The van der Waals surface area contributed by atoms with E-state index in [0.29, 0.717) is 24.4 Å². The van der Waals surface area contributed by atoms with Crippen LogP contribution in [-0.2, 0) is 0 Å². The number of alkyl halides is 3. The van der Waals surface area contributed by atoms with Crippen molar-refractivity contribution in [1.29, 1.82) is 0 Å². The summed E-state index contributed by atoms with van der Waals surface area (Å²) in [4.78, 5) is 2.00. The predicted molar refractivity (Wildman–Crippen MR) is 89.9 cm³/mol. The highest BCUT2D eigenvalue weighted by atomic mass is 35.5. The van der Waals surface area contributed by atoms with Crippen LogP contribution in [0.4, 0.5) is 17.6 Å². The smallest absolute Gasteiger partial charge is 0.389 e. The number of piperazine rings is 1. The molecule has 3 nitrogen and oxygen atoms in total. The van der Waals surface area contributed by atoms with E-state index in [2.05, 4.69) is 5.32 Å². The minimum Gasteiger partial charge on any atom is -0.496 e. The molecule has 0 aromatic heterocycles. The molecule has 140 valence electrons. The normalized spacial score (nSPS) is 16.7. The summed E-state index contributed by atoms with van der Waals surface area (Å²) >= 11 is 0. The zero-order valence-corrected chi connectivity index (χ0v) is 14.9. The third kappa shape index (κ3) is 6.63. The lowest BCUT2D eigenvalue weighted by Crippen LogP contribution is -2.45. The fourth-order valence-electron chi connectivity index (χ4n) is 2.79. The quantitative estimate of drug-likeness (QED) is 0.767. The third-order valence-corrected chi connectivity index (χ3v) is 3.85. The van der Waals surface area contributed by atoms with Gasteiger partial charge in [-0.2, -0.15) is 13.2 Å². The molecule has 1 saturated heterocycles. The van der Waals surface area contributed by atoms with Crippen molar-refractivity contribution in [2.24, 2.45) is 0 Å². The van der Waals surface area contributed by atoms with Crippen LogP contribution in [0.1, 0.15) is 24.4 Å². The van der Waals surface area contributed by atoms with Gasteiger partial charge in [0.25, 0.3) is 0 Å². The first-order valence-corrected chi connectivity index (χ1v) is 7.25. The number of hydrogen-bond acceptors (Lipinski definition) is 3. The van der Waals surface area contributed by atoms with Crippen LogP contribution in [0.25, 0.3) is 0 Å². The van der Waals surface area contributed by atoms with Gasteiger partial charge in [-0.05, 0) is 12.5 Å². The summed E-state index contributed by atoms with van der Waals surface area (Å²) in [5.74, 6) is -0.166. The molecule has 1 N–H and O–H groups in total. The zero-order valence-electron chi connectivity index (χ0n) is 13.2. The second-order valence-corrected chi connectivity index (χ2v) is 5.34. The van der Waals surface area contributed by atoms with E-state index < -0.39 is 24.5 Å². The standard InChI is InChI=1S/C15H20F4N2O.2ClH/c1-22-14-10-11(16)2-3-12(14)13(4-5-15(17,18)19)21-8-6-20-7-9-21;;/h2-3,10,13,20H,4-9H2,1H3;2*1H/t13-;;/m1../s1. The second-order valence-electron chi connectivity index (χ2n) is 5.34. The summed E-state index contributed by atoms with van der Waals surface area (Å²) in [5.41, 5.74) is 0.607. The Morgan fingerprint density at radius 2 is 1.83 bits per heavy atom. The van der Waals surface area contributed by atoms with Gasteiger partial charge in [-0.1, -0.05) is 6.07 Å². The average molecular weight is 393 g/mol. The number of nitrogens with one attached hydrogen (secondary N) is 1. The zero-order chi connectivity index (χ0) is 16.2. The van der Waals surface area contributed by atoms with Gasteiger partial charge in [0.2, 0.25) is 0 Å². The summed E-state index contributed by atoms with van der Waals surface area (Å²) in [6.07, 6.45) is -5.15. The second kappa shape index (κ2) is 10.3. The lowest BCUT2D eigenvalue weighted by atomic mass is 9.98. The van der Waals surface area contributed by atoms with E-state index in [1.165, 1.54) is 25.3 Å². The van der Waals surface area contributed by atoms with Crippen LogP contribution in [0.3, 0.4) is 0 Å². The molecule has 0 saturated carbocycles. The highest BCUT2D eigenvalue weighted by Crippen LogP contribution is 2.36. The molecule has 0 spiro atoms. The molecule has 0 aliphatic carbocycles. The van der Waals surface area contributed by atoms with Gasteiger partial charge in [0.1, 0.15) is 11.6 Å². The number of benzene rings is 1. The molecule has 24 heavy (non-hydrogen) atoms. The fraction of sp³-hybridized carbons (Fsp3) is 0.600. The number of methoxy groups -OCH3 is 1. The molecule has 1 aliphatic rings. The van der Waals surface area contributed by atoms with E-state index >= 15 is 0 Å². The SMILES string of the molecule is COc1cc(F)ccc1[C@@H](CCC(F)(F)F)N1CCNCC1.Cl.Cl. The number of ether oxygens (including phenoxy) is 1. The Bertz CT molecular complexity index is 497. The van der Waals surface area contributed by atoms with Gasteiger partial charge >= 0.3 is 6.18 Å². The van der Waals surface area contributed by atoms with Crippen LogP contribution in [0.2, 0.25) is 0 Å². The molecular formula is C15H22Cl2F4N2O. The largest absolute Gasteiger partial charge is 0.496 e. The average Bonchev–Trinajstić information content (AvgIpc) is 2.48. The molecule has 1 aromatic rings. The topological polar surface area (TPSA) is 24.5 Å². The summed E-state index contributed by atoms with van der Waals surface area (Å²) in [7, 11) is 1.40. The minimum atomic E-state index is -4.21. The van der Waals surface area contributed by atoms with Crippen LogP contribution >= 0.6 is 24.8 Å². The summed E-state index contributed by atoms with van der Waals surface area (Å²) in [6.45, 7) is 2.77. The Labute approximate surface area is 151 Å². The monoisotopic (exact) mass is 392 g/mol. The minimum absolute atomic E-state index is 0. The van der Waals surface area contributed by atoms with Crippen LogP contribution in [0.5, 0.6) is 5.75 Å². The molecule has 2 rings (SSSR count). The van der Waals surface area contributed by atoms with E-state index in [1.54, 1.807) is 0 Å². The Morgan fingerprint density at radius 3 is 2.38 bits per heavy atom. The van der Waals surface area contributed by atoms with Crippen molar-refractivity contribution < 1.29 is 22.3 Å². The van der Waals surface area contributed by atoms with E-state index in [0.717, 1.165) is 13.1 Å². The Kier molecular flexibility index (Phi) is 9.96. The lowest BCUT2D eigenvalue weighted by molar-refractivity contribution is -0.138. The Morgan fingerprint density at radius 1 is 1.21 bits per heavy atom. The van der Waals surface area contributed by atoms with Crippen molar-refractivity contribution >= 4 is 24.8 Å². The van der Waals surface area contributed by atoms with Crippen LogP contribution < -0.4 is 10.1 Å². The van der Waals surface area contributed by atoms with Gasteiger partial charge in [-0.25, -0.2) is 4.39 Å². The number of nitrogens with zero attached hydrogens (tertiary/aromatic N) is 1. The third-order valence-electron chi connectivity index (χ3n) is 3.85. The van der Waals surface area contributed by atoms with Gasteiger partial charge in [0.15, 0.2) is 0 Å². The van der Waals surface area contributed by atoms with E-state index in [1.807, 2.05) is 4.90 Å². The van der Waals surface area contributed by atoms with E-state index in [4.69, 9.17) is 4.74 Å². The molecule has 9 heteroatoms. The predicted octanol–water partition coefficient (Wildman–Crippen LogP) is 3.97. The van der Waals surface area contributed by atoms with Gasteiger partial charge in [0, 0.05) is 50.3 Å². The van der Waals surface area contributed by atoms with Gasteiger partial charge in [-0.15, -0.1) is 24.8 Å². The van der Waals surface area contributed by atoms with Gasteiger partial charge < -0.3 is 10.1 Å². The number of halogens is 6. The van der Waals surface area contributed by atoms with E-state index in [9.17, 15) is 17.6 Å². The number of rotatable bonds is 5. The lowest BCUT2D eigenvalue weighted by Gasteiger charge is -2.36. The molecule has 0 bridgehead atoms. The van der Waals surface area contributed by atoms with Gasteiger partial charge in [-0.3, -0.25) is 4.90 Å². The van der Waals surface area contributed by atoms with Crippen molar-refractivity contribution in [3.8, 4) is 5.75 Å². The first kappa shape index (κ1) is 23.2. The molecule has 1 aliphatic heterocycles. The summed E-state index contributed by atoms with van der Waals surface area (Å²) in [6, 6.07) is 3.58. The van der Waals surface area contributed by atoms with Gasteiger partial charge in [0.05, 0.1) is 7.11 Å². The fourth-order valence-corrected chi connectivity index (χ4v) is 2.79. The summed E-state index contributed by atoms with van der Waals surface area (Å²) in [5, 5.41) is 3.18. The van der Waals surface area contributed by atoms with Crippen LogP contribution in [-0.4, -0.2) is 44.4 Å². The maximum absolute atomic E-state index is 13.3. The van der Waals surface area contributed by atoms with Crippen molar-refractivity contribution in [1.82, 2.24) is 10.2 Å². The molecule has 1 aromatic carbocycles. The molecule has 0 unspecified atom stereocenters. The molecule has 1 fully saturated rings. The molecule has 0 radical (unpaired) electrons. The Hall–Kier alpha value is -0.760. The first-order chi connectivity index (χ1) is 10.4. The van der Waals surface area contributed by atoms with Crippen molar-refractivity contribution in [2.75, 3.05) is 33.3 Å². The van der Waals surface area contributed by atoms with Crippen molar-refractivity contribution in [3.05, 3.63) is 29.6 Å². The van der Waals surface area contributed by atoms with Crippen LogP contribution in [0, 0.1) is 5.82 Å². The van der Waals surface area contributed by atoms with Crippen LogP contribution in [0.15, 0.2) is 18.2 Å².